The van der Waals surface area contributed by atoms with Crippen LogP contribution in [0.1, 0.15) is 23.2 Å². The van der Waals surface area contributed by atoms with Gasteiger partial charge in [-0.05, 0) is 44.1 Å². The summed E-state index contributed by atoms with van der Waals surface area (Å²) in [7, 11) is 1.70. The fourth-order valence-electron chi connectivity index (χ4n) is 3.22. The van der Waals surface area contributed by atoms with E-state index in [4.69, 9.17) is 9.47 Å². The van der Waals surface area contributed by atoms with Gasteiger partial charge in [0.05, 0.1) is 12.3 Å². The van der Waals surface area contributed by atoms with Crippen molar-refractivity contribution in [1.29, 1.82) is 0 Å². The summed E-state index contributed by atoms with van der Waals surface area (Å²) < 4.78 is 10.7. The van der Waals surface area contributed by atoms with Gasteiger partial charge in [0.25, 0.3) is 11.8 Å². The maximum atomic E-state index is 12.5. The molecule has 0 unspecified atom stereocenters. The molecule has 138 valence electrons. The Labute approximate surface area is 153 Å². The van der Waals surface area contributed by atoms with Gasteiger partial charge in [0, 0.05) is 24.6 Å². The summed E-state index contributed by atoms with van der Waals surface area (Å²) in [5, 5.41) is 9.07. The predicted octanol–water partition coefficient (Wildman–Crippen LogP) is 1.19. The minimum Gasteiger partial charge on any atom is -0.482 e. The zero-order valence-electron chi connectivity index (χ0n) is 14.2. The summed E-state index contributed by atoms with van der Waals surface area (Å²) in [6.07, 6.45) is 1.95. The van der Waals surface area contributed by atoms with Gasteiger partial charge in [0.15, 0.2) is 6.61 Å². The Kier molecular flexibility index (Phi) is 6.64. The Morgan fingerprint density at radius 1 is 1.36 bits per heavy atom. The van der Waals surface area contributed by atoms with Gasteiger partial charge in [0.1, 0.15) is 5.75 Å². The number of nitrogens with one attached hydrogen (secondary N) is 3. The number of carbonyl (C=O) groups is 2. The highest BCUT2D eigenvalue weighted by Gasteiger charge is 2.32. The molecule has 2 aliphatic rings. The minimum atomic E-state index is -0.188. The summed E-state index contributed by atoms with van der Waals surface area (Å²) in [6, 6.07) is 5.04. The minimum absolute atomic E-state index is 0. The van der Waals surface area contributed by atoms with Crippen molar-refractivity contribution in [2.45, 2.75) is 12.8 Å². The predicted molar refractivity (Wildman–Crippen MR) is 96.6 cm³/mol. The molecule has 3 N–H and O–H groups in total. The molecule has 7 nitrogen and oxygen atoms in total. The quantitative estimate of drug-likeness (QED) is 0.725. The third kappa shape index (κ3) is 4.62. The number of hydrogen-bond donors (Lipinski definition) is 3. The Hall–Kier alpha value is -1.83. The molecule has 3 rings (SSSR count). The fraction of sp³-hybridized carbons (Fsp3) is 0.529. The van der Waals surface area contributed by atoms with Crippen LogP contribution in [0.3, 0.4) is 0 Å². The molecule has 1 saturated heterocycles. The van der Waals surface area contributed by atoms with Crippen LogP contribution >= 0.6 is 12.4 Å². The number of halogens is 1. The summed E-state index contributed by atoms with van der Waals surface area (Å²) in [4.78, 5) is 23.8. The van der Waals surface area contributed by atoms with E-state index in [1.165, 1.54) is 0 Å². The first-order chi connectivity index (χ1) is 11.6. The van der Waals surface area contributed by atoms with Crippen molar-refractivity contribution in [3.63, 3.8) is 0 Å². The molecule has 1 aromatic carbocycles. The van der Waals surface area contributed by atoms with E-state index in [9.17, 15) is 9.59 Å². The van der Waals surface area contributed by atoms with Crippen LogP contribution in [-0.4, -0.2) is 51.8 Å². The molecule has 25 heavy (non-hydrogen) atoms. The highest BCUT2D eigenvalue weighted by Crippen LogP contribution is 2.30. The lowest BCUT2D eigenvalue weighted by molar-refractivity contribution is -0.118. The van der Waals surface area contributed by atoms with Crippen molar-refractivity contribution >= 4 is 29.9 Å². The standard InChI is InChI=1S/C17H23N3O4.ClH/c1-23-11-17(4-6-18-7-5-17)10-19-16(22)12-2-3-13-14(8-12)24-9-15(21)20-13;/h2-3,8,18H,4-7,9-11H2,1H3,(H,19,22)(H,20,21);1H. The zero-order valence-corrected chi connectivity index (χ0v) is 15.0. The SMILES string of the molecule is COCC1(CNC(=O)c2ccc3c(c2)OCC(=O)N3)CCNCC1.Cl. The van der Waals surface area contributed by atoms with Crippen molar-refractivity contribution in [2.75, 3.05) is 45.3 Å². The lowest BCUT2D eigenvalue weighted by Crippen LogP contribution is -2.47. The molecular formula is C17H24ClN3O4. The normalized spacial score (nSPS) is 18.2. The number of ether oxygens (including phenoxy) is 2. The van der Waals surface area contributed by atoms with E-state index in [1.54, 1.807) is 25.3 Å². The number of carbonyl (C=O) groups excluding carboxylic acids is 2. The second kappa shape index (κ2) is 8.51. The van der Waals surface area contributed by atoms with Gasteiger partial charge in [-0.25, -0.2) is 0 Å². The van der Waals surface area contributed by atoms with E-state index in [-0.39, 0.29) is 36.2 Å². The van der Waals surface area contributed by atoms with Crippen LogP contribution in [0.25, 0.3) is 0 Å². The Bertz CT molecular complexity index is 627. The number of rotatable bonds is 5. The second-order valence-corrected chi connectivity index (χ2v) is 6.41. The lowest BCUT2D eigenvalue weighted by atomic mass is 9.79. The van der Waals surface area contributed by atoms with E-state index in [0.717, 1.165) is 25.9 Å². The third-order valence-electron chi connectivity index (χ3n) is 4.62. The molecule has 0 aliphatic carbocycles. The van der Waals surface area contributed by atoms with Crippen molar-refractivity contribution in [3.05, 3.63) is 23.8 Å². The highest BCUT2D eigenvalue weighted by molar-refractivity contribution is 5.99. The van der Waals surface area contributed by atoms with Crippen LogP contribution in [0.2, 0.25) is 0 Å². The number of piperidine rings is 1. The van der Waals surface area contributed by atoms with Gasteiger partial charge in [-0.3, -0.25) is 9.59 Å². The number of benzene rings is 1. The molecule has 2 aliphatic heterocycles. The summed E-state index contributed by atoms with van der Waals surface area (Å²) in [5.74, 6) is 0.190. The average molecular weight is 370 g/mol. The van der Waals surface area contributed by atoms with E-state index in [1.807, 2.05) is 0 Å². The van der Waals surface area contributed by atoms with Crippen molar-refractivity contribution in [3.8, 4) is 5.75 Å². The number of fused-ring (bicyclic) bond motifs is 1. The van der Waals surface area contributed by atoms with Crippen molar-refractivity contribution in [2.24, 2.45) is 5.41 Å². The number of amides is 2. The average Bonchev–Trinajstić information content (AvgIpc) is 2.60. The molecule has 2 amide bonds. The van der Waals surface area contributed by atoms with Crippen LogP contribution in [0.4, 0.5) is 5.69 Å². The smallest absolute Gasteiger partial charge is 0.262 e. The first kappa shape index (κ1) is 19.5. The van der Waals surface area contributed by atoms with Gasteiger partial charge in [-0.2, -0.15) is 0 Å². The molecule has 0 bridgehead atoms. The Morgan fingerprint density at radius 2 is 2.12 bits per heavy atom. The summed E-state index contributed by atoms with van der Waals surface area (Å²) in [5.41, 5.74) is 1.09. The Morgan fingerprint density at radius 3 is 2.84 bits per heavy atom. The van der Waals surface area contributed by atoms with E-state index in [0.29, 0.717) is 30.2 Å². The van der Waals surface area contributed by atoms with Gasteiger partial charge in [-0.15, -0.1) is 12.4 Å². The molecule has 8 heteroatoms. The maximum absolute atomic E-state index is 12.5. The molecule has 0 spiro atoms. The van der Waals surface area contributed by atoms with Crippen molar-refractivity contribution < 1.29 is 19.1 Å². The molecule has 1 fully saturated rings. The van der Waals surface area contributed by atoms with E-state index < -0.39 is 0 Å². The van der Waals surface area contributed by atoms with E-state index in [2.05, 4.69) is 16.0 Å². The molecule has 0 aromatic heterocycles. The van der Waals surface area contributed by atoms with Crippen LogP contribution in [0.15, 0.2) is 18.2 Å². The largest absolute Gasteiger partial charge is 0.482 e. The van der Waals surface area contributed by atoms with Gasteiger partial charge >= 0.3 is 0 Å². The summed E-state index contributed by atoms with van der Waals surface area (Å²) in [6.45, 7) is 3.06. The molecular weight excluding hydrogens is 346 g/mol. The second-order valence-electron chi connectivity index (χ2n) is 6.41. The Balaban J connectivity index is 0.00000225. The molecule has 2 heterocycles. The van der Waals surface area contributed by atoms with Crippen LogP contribution in [0, 0.1) is 5.41 Å². The van der Waals surface area contributed by atoms with Crippen molar-refractivity contribution in [1.82, 2.24) is 10.6 Å². The first-order valence-corrected chi connectivity index (χ1v) is 8.16. The number of anilines is 1. The van der Waals surface area contributed by atoms with Gasteiger partial charge < -0.3 is 25.4 Å². The highest BCUT2D eigenvalue weighted by atomic mass is 35.5. The monoisotopic (exact) mass is 369 g/mol. The zero-order chi connectivity index (χ0) is 17.0. The lowest BCUT2D eigenvalue weighted by Gasteiger charge is -2.37. The maximum Gasteiger partial charge on any atom is 0.262 e. The van der Waals surface area contributed by atoms with Gasteiger partial charge in [-0.1, -0.05) is 0 Å². The van der Waals surface area contributed by atoms with Crippen LogP contribution in [-0.2, 0) is 9.53 Å². The van der Waals surface area contributed by atoms with Gasteiger partial charge in [0.2, 0.25) is 0 Å². The summed E-state index contributed by atoms with van der Waals surface area (Å²) >= 11 is 0. The van der Waals surface area contributed by atoms with E-state index >= 15 is 0 Å². The topological polar surface area (TPSA) is 88.7 Å². The fourth-order valence-corrected chi connectivity index (χ4v) is 3.22. The third-order valence-corrected chi connectivity index (χ3v) is 4.62. The molecule has 0 atom stereocenters. The molecule has 0 radical (unpaired) electrons. The molecule has 1 aromatic rings. The van der Waals surface area contributed by atoms with Crippen LogP contribution in [0.5, 0.6) is 5.75 Å². The first-order valence-electron chi connectivity index (χ1n) is 8.16. The van der Waals surface area contributed by atoms with Crippen LogP contribution < -0.4 is 20.7 Å². The number of hydrogen-bond acceptors (Lipinski definition) is 5. The molecule has 0 saturated carbocycles. The number of methoxy groups -OCH3 is 1.